The third-order valence-corrected chi connectivity index (χ3v) is 8.74. The number of aromatic nitrogens is 3. The summed E-state index contributed by atoms with van der Waals surface area (Å²) in [4.78, 5) is 15.5. The minimum Gasteiger partial charge on any atom is -0.493 e. The lowest BCUT2D eigenvalue weighted by atomic mass is 10.1. The maximum absolute atomic E-state index is 11.9. The summed E-state index contributed by atoms with van der Waals surface area (Å²) < 4.78 is 35.7. The first-order valence-corrected chi connectivity index (χ1v) is 14.6. The third kappa shape index (κ3) is 5.75. The van der Waals surface area contributed by atoms with E-state index in [1.54, 1.807) is 7.11 Å². The molecule has 4 heterocycles. The second kappa shape index (κ2) is 10.6. The lowest BCUT2D eigenvalue weighted by Crippen LogP contribution is -2.32. The van der Waals surface area contributed by atoms with Crippen LogP contribution < -0.4 is 14.8 Å². The number of likely N-dealkylation sites (tertiary alicyclic amines) is 1. The number of benzene rings is 1. The van der Waals surface area contributed by atoms with E-state index >= 15 is 0 Å². The Labute approximate surface area is 212 Å². The number of sulfone groups is 1. The second-order valence-corrected chi connectivity index (χ2v) is 12.1. The molecule has 0 saturated carbocycles. The fraction of sp³-hybridized carbons (Fsp3) is 0.538. The largest absolute Gasteiger partial charge is 0.493 e. The molecule has 2 fully saturated rings. The highest BCUT2D eigenvalue weighted by molar-refractivity contribution is 7.91. The Morgan fingerprint density at radius 1 is 1.11 bits per heavy atom. The highest BCUT2D eigenvalue weighted by Crippen LogP contribution is 2.36. The molecule has 2 aliphatic heterocycles. The van der Waals surface area contributed by atoms with Gasteiger partial charge in [-0.1, -0.05) is 0 Å². The topological polar surface area (TPSA) is 109 Å². The molecule has 0 atom stereocenters. The second-order valence-electron chi connectivity index (χ2n) is 9.79. The first-order chi connectivity index (χ1) is 17.4. The van der Waals surface area contributed by atoms with E-state index in [1.165, 1.54) is 25.9 Å². The van der Waals surface area contributed by atoms with E-state index in [4.69, 9.17) is 19.4 Å². The van der Waals surface area contributed by atoms with Crippen LogP contribution in [0.1, 0.15) is 37.8 Å². The van der Waals surface area contributed by atoms with Crippen LogP contribution in [0.25, 0.3) is 22.4 Å². The van der Waals surface area contributed by atoms with Crippen LogP contribution in [0.5, 0.6) is 11.5 Å². The fourth-order valence-electron chi connectivity index (χ4n) is 4.98. The molecule has 5 rings (SSSR count). The van der Waals surface area contributed by atoms with E-state index in [1.807, 2.05) is 31.2 Å². The van der Waals surface area contributed by atoms with E-state index in [0.29, 0.717) is 42.6 Å². The maximum Gasteiger partial charge on any atom is 0.178 e. The molecular weight excluding hydrogens is 478 g/mol. The molecule has 0 radical (unpaired) electrons. The first kappa shape index (κ1) is 24.8. The van der Waals surface area contributed by atoms with Crippen LogP contribution in [0.3, 0.4) is 0 Å². The smallest absolute Gasteiger partial charge is 0.178 e. The van der Waals surface area contributed by atoms with Gasteiger partial charge in [0, 0.05) is 29.7 Å². The van der Waals surface area contributed by atoms with Gasteiger partial charge in [0.1, 0.15) is 15.7 Å². The van der Waals surface area contributed by atoms with Crippen molar-refractivity contribution in [1.82, 2.24) is 19.9 Å². The highest BCUT2D eigenvalue weighted by atomic mass is 32.2. The summed E-state index contributed by atoms with van der Waals surface area (Å²) in [5.74, 6) is 2.92. The van der Waals surface area contributed by atoms with Gasteiger partial charge in [-0.15, -0.1) is 0 Å². The summed E-state index contributed by atoms with van der Waals surface area (Å²) in [5, 5.41) is 4.32. The molecule has 0 unspecified atom stereocenters. The molecule has 9 nitrogen and oxygen atoms in total. The Hall–Kier alpha value is -2.85. The minimum atomic E-state index is -2.95. The van der Waals surface area contributed by atoms with Gasteiger partial charge in [-0.05, 0) is 70.3 Å². The lowest BCUT2D eigenvalue weighted by Gasteiger charge is -2.24. The number of aryl methyl sites for hydroxylation is 1. The van der Waals surface area contributed by atoms with E-state index in [0.717, 1.165) is 35.3 Å². The molecule has 2 aromatic heterocycles. The average Bonchev–Trinajstić information content (AvgIpc) is 3.54. The Kier molecular flexibility index (Phi) is 7.34. The number of aromatic amines is 1. The maximum atomic E-state index is 11.9. The molecule has 0 spiro atoms. The van der Waals surface area contributed by atoms with Gasteiger partial charge in [0.25, 0.3) is 0 Å². The van der Waals surface area contributed by atoms with Crippen molar-refractivity contribution in [3.05, 3.63) is 30.0 Å². The van der Waals surface area contributed by atoms with Crippen molar-refractivity contribution in [2.45, 2.75) is 45.1 Å². The Balaban J connectivity index is 1.43. The van der Waals surface area contributed by atoms with Crippen LogP contribution in [0.2, 0.25) is 0 Å². The van der Waals surface area contributed by atoms with Crippen LogP contribution in [-0.2, 0) is 9.84 Å². The standard InChI is InChI=1S/C26H35N5O4S/c1-18-6-7-21(27-18)26-29-22-17-24(35-13-5-12-31-10-3-4-11-31)23(34-2)16-20(22)25(30-26)28-19-8-14-36(32,33)15-9-19/h6-7,16-17,19,27H,3-5,8-15H2,1-2H3,(H,28,29,30). The van der Waals surface area contributed by atoms with Crippen LogP contribution in [-0.4, -0.2) is 79.2 Å². The number of nitrogens with one attached hydrogen (secondary N) is 2. The Bertz CT molecular complexity index is 1300. The van der Waals surface area contributed by atoms with Crippen LogP contribution >= 0.6 is 0 Å². The predicted molar refractivity (Wildman–Crippen MR) is 142 cm³/mol. The van der Waals surface area contributed by atoms with Gasteiger partial charge in [-0.2, -0.15) is 0 Å². The molecule has 194 valence electrons. The highest BCUT2D eigenvalue weighted by Gasteiger charge is 2.25. The van der Waals surface area contributed by atoms with Crippen molar-refractivity contribution in [1.29, 1.82) is 0 Å². The molecule has 3 aromatic rings. The Morgan fingerprint density at radius 3 is 2.58 bits per heavy atom. The number of ether oxygens (including phenoxy) is 2. The number of anilines is 1. The van der Waals surface area contributed by atoms with E-state index < -0.39 is 9.84 Å². The van der Waals surface area contributed by atoms with Crippen LogP contribution in [0.4, 0.5) is 5.82 Å². The fourth-order valence-corrected chi connectivity index (χ4v) is 6.47. The van der Waals surface area contributed by atoms with Crippen LogP contribution in [0.15, 0.2) is 24.3 Å². The molecule has 2 N–H and O–H groups in total. The number of hydrogen-bond donors (Lipinski definition) is 2. The van der Waals surface area contributed by atoms with Crippen molar-refractivity contribution in [2.24, 2.45) is 0 Å². The number of methoxy groups -OCH3 is 1. The SMILES string of the molecule is COc1cc2c(NC3CCS(=O)(=O)CC3)nc(-c3ccc(C)[nH]3)nc2cc1OCCCN1CCCC1. The quantitative estimate of drug-likeness (QED) is 0.416. The van der Waals surface area contributed by atoms with Gasteiger partial charge in [-0.25, -0.2) is 18.4 Å². The number of fused-ring (bicyclic) bond motifs is 1. The first-order valence-electron chi connectivity index (χ1n) is 12.8. The normalized spacial score (nSPS) is 18.5. The lowest BCUT2D eigenvalue weighted by molar-refractivity contribution is 0.254. The van der Waals surface area contributed by atoms with Gasteiger partial charge in [0.05, 0.1) is 36.4 Å². The molecule has 2 aliphatic rings. The Morgan fingerprint density at radius 2 is 1.89 bits per heavy atom. The van der Waals surface area contributed by atoms with Gasteiger partial charge in [-0.3, -0.25) is 0 Å². The van der Waals surface area contributed by atoms with E-state index in [-0.39, 0.29) is 17.5 Å². The van der Waals surface area contributed by atoms with Crippen molar-refractivity contribution in [3.63, 3.8) is 0 Å². The summed E-state index contributed by atoms with van der Waals surface area (Å²) in [5.41, 5.74) is 2.60. The van der Waals surface area contributed by atoms with Crippen molar-refractivity contribution < 1.29 is 17.9 Å². The average molecular weight is 514 g/mol. The summed E-state index contributed by atoms with van der Waals surface area (Å²) in [6.45, 7) is 6.00. The summed E-state index contributed by atoms with van der Waals surface area (Å²) in [7, 11) is -1.32. The molecule has 10 heteroatoms. The molecule has 0 amide bonds. The van der Waals surface area contributed by atoms with Crippen molar-refractivity contribution in [3.8, 4) is 23.0 Å². The summed E-state index contributed by atoms with van der Waals surface area (Å²) in [6.07, 6.45) is 4.64. The molecule has 36 heavy (non-hydrogen) atoms. The zero-order chi connectivity index (χ0) is 25.1. The number of hydrogen-bond acceptors (Lipinski definition) is 8. The molecule has 2 saturated heterocycles. The van der Waals surface area contributed by atoms with Gasteiger partial charge in [0.15, 0.2) is 17.3 Å². The minimum absolute atomic E-state index is 0.0253. The van der Waals surface area contributed by atoms with Gasteiger partial charge >= 0.3 is 0 Å². The van der Waals surface area contributed by atoms with Gasteiger partial charge < -0.3 is 24.7 Å². The summed E-state index contributed by atoms with van der Waals surface area (Å²) >= 11 is 0. The zero-order valence-electron chi connectivity index (χ0n) is 21.0. The van der Waals surface area contributed by atoms with E-state index in [9.17, 15) is 8.42 Å². The third-order valence-electron chi connectivity index (χ3n) is 7.02. The van der Waals surface area contributed by atoms with Crippen LogP contribution in [0, 0.1) is 6.92 Å². The molecule has 0 aliphatic carbocycles. The molecule has 1 aromatic carbocycles. The van der Waals surface area contributed by atoms with Crippen molar-refractivity contribution >= 4 is 26.6 Å². The number of H-pyrrole nitrogens is 1. The monoisotopic (exact) mass is 513 g/mol. The van der Waals surface area contributed by atoms with Crippen molar-refractivity contribution in [2.75, 3.05) is 50.2 Å². The number of nitrogens with zero attached hydrogens (tertiary/aromatic N) is 3. The van der Waals surface area contributed by atoms with E-state index in [2.05, 4.69) is 15.2 Å². The molecular formula is C26H35N5O4S. The van der Waals surface area contributed by atoms with Gasteiger partial charge in [0.2, 0.25) is 0 Å². The predicted octanol–water partition coefficient (Wildman–Crippen LogP) is 3.80. The molecule has 0 bridgehead atoms. The zero-order valence-corrected chi connectivity index (χ0v) is 21.9. The summed E-state index contributed by atoms with van der Waals surface area (Å²) in [6, 6.07) is 7.81. The number of rotatable bonds is 9.